The zero-order chi connectivity index (χ0) is 12.8. The van der Waals surface area contributed by atoms with Gasteiger partial charge in [0.2, 0.25) is 0 Å². The zero-order valence-corrected chi connectivity index (χ0v) is 12.9. The van der Waals surface area contributed by atoms with Gasteiger partial charge in [-0.1, -0.05) is 5.70 Å². The van der Waals surface area contributed by atoms with Crippen LogP contribution in [-0.4, -0.2) is 27.1 Å². The first kappa shape index (κ1) is 15.8. The maximum Gasteiger partial charge on any atom is 0.184 e. The van der Waals surface area contributed by atoms with E-state index in [4.69, 9.17) is 14.2 Å². The summed E-state index contributed by atoms with van der Waals surface area (Å²) in [5.41, 5.74) is 1.27. The zero-order valence-electron chi connectivity index (χ0n) is 11.5. The molecule has 0 aliphatic heterocycles. The number of hydrogen-bond acceptors (Lipinski definition) is 3. The fourth-order valence-corrected chi connectivity index (χ4v) is 1.84. The molecule has 0 heterocycles. The Hall–Kier alpha value is -0.163. The van der Waals surface area contributed by atoms with Crippen LogP contribution in [0.2, 0.25) is 0 Å². The summed E-state index contributed by atoms with van der Waals surface area (Å²) in [6.45, 7) is 15.6. The predicted molar refractivity (Wildman–Crippen MR) is 69.9 cm³/mol. The molecule has 4 heteroatoms. The highest BCUT2D eigenvalue weighted by atomic mass is 28.2. The lowest BCUT2D eigenvalue weighted by atomic mass is 10.0. The Kier molecular flexibility index (Phi) is 6.48. The van der Waals surface area contributed by atoms with Gasteiger partial charge in [0.05, 0.1) is 5.60 Å². The fraction of sp³-hybridized carbons (Fsp3) is 0.833. The molecule has 0 aromatic rings. The third-order valence-corrected chi connectivity index (χ3v) is 2.79. The highest BCUT2D eigenvalue weighted by Gasteiger charge is 2.26. The third-order valence-electron chi connectivity index (χ3n) is 1.79. The van der Waals surface area contributed by atoms with Gasteiger partial charge in [0, 0.05) is 12.5 Å². The lowest BCUT2D eigenvalue weighted by Gasteiger charge is -2.30. The minimum absolute atomic E-state index is 0.184. The Bertz CT molecular complexity index is 209. The lowest BCUT2D eigenvalue weighted by molar-refractivity contribution is -0.399. The maximum absolute atomic E-state index is 5.64. The minimum Gasteiger partial charge on any atom is -0.416 e. The summed E-state index contributed by atoms with van der Waals surface area (Å²) >= 11 is 0. The standard InChI is InChI=1S/C12H26O3Si/c1-8-16-13-10(2)9-12(6,7)15-14-11(3,4)5/h8,10H,1,9,16H2,2-7H3. The van der Waals surface area contributed by atoms with Gasteiger partial charge in [0.25, 0.3) is 0 Å². The van der Waals surface area contributed by atoms with Crippen molar-refractivity contribution in [1.82, 2.24) is 0 Å². The van der Waals surface area contributed by atoms with E-state index in [1.165, 1.54) is 0 Å². The van der Waals surface area contributed by atoms with Crippen LogP contribution in [0.15, 0.2) is 12.3 Å². The van der Waals surface area contributed by atoms with Crippen molar-refractivity contribution in [3.05, 3.63) is 12.3 Å². The summed E-state index contributed by atoms with van der Waals surface area (Å²) in [5.74, 6) is 0. The molecule has 0 spiro atoms. The molecule has 0 radical (unpaired) electrons. The first-order chi connectivity index (χ1) is 7.16. The Morgan fingerprint density at radius 3 is 2.19 bits per heavy atom. The van der Waals surface area contributed by atoms with Crippen molar-refractivity contribution in [1.29, 1.82) is 0 Å². The number of hydrogen-bond donors (Lipinski definition) is 0. The van der Waals surface area contributed by atoms with E-state index in [9.17, 15) is 0 Å². The Labute approximate surface area is 102 Å². The summed E-state index contributed by atoms with van der Waals surface area (Å²) < 4.78 is 5.64. The quantitative estimate of drug-likeness (QED) is 0.392. The molecular weight excluding hydrogens is 220 g/mol. The van der Waals surface area contributed by atoms with E-state index in [-0.39, 0.29) is 17.3 Å². The maximum atomic E-state index is 5.64. The molecular formula is C12H26O3Si. The van der Waals surface area contributed by atoms with Crippen molar-refractivity contribution < 1.29 is 14.2 Å². The molecule has 0 bridgehead atoms. The van der Waals surface area contributed by atoms with E-state index in [1.54, 1.807) is 0 Å². The molecule has 0 saturated heterocycles. The highest BCUT2D eigenvalue weighted by molar-refractivity contribution is 6.34. The first-order valence-corrected chi connectivity index (χ1v) is 7.15. The summed E-state index contributed by atoms with van der Waals surface area (Å²) in [6, 6.07) is 0. The molecule has 0 amide bonds. The summed E-state index contributed by atoms with van der Waals surface area (Å²) in [4.78, 5) is 10.8. The van der Waals surface area contributed by atoms with Crippen LogP contribution in [-0.2, 0) is 14.2 Å². The van der Waals surface area contributed by atoms with Gasteiger partial charge >= 0.3 is 0 Å². The van der Waals surface area contributed by atoms with Crippen molar-refractivity contribution in [3.8, 4) is 0 Å². The predicted octanol–water partition coefficient (Wildman–Crippen LogP) is 2.53. The molecule has 3 nitrogen and oxygen atoms in total. The minimum atomic E-state index is -0.569. The van der Waals surface area contributed by atoms with Crippen LogP contribution < -0.4 is 0 Å². The van der Waals surface area contributed by atoms with Gasteiger partial charge in [-0.05, 0) is 41.5 Å². The largest absolute Gasteiger partial charge is 0.416 e. The van der Waals surface area contributed by atoms with E-state index in [0.29, 0.717) is 0 Å². The second-order valence-corrected chi connectivity index (χ2v) is 6.92. The van der Waals surface area contributed by atoms with Crippen molar-refractivity contribution in [2.24, 2.45) is 0 Å². The van der Waals surface area contributed by atoms with Crippen LogP contribution in [0, 0.1) is 0 Å². The Morgan fingerprint density at radius 2 is 1.75 bits per heavy atom. The number of rotatable bonds is 7. The second-order valence-electron chi connectivity index (χ2n) is 5.68. The molecule has 0 rings (SSSR count). The fourth-order valence-electron chi connectivity index (χ4n) is 1.26. The molecule has 0 fully saturated rings. The van der Waals surface area contributed by atoms with Gasteiger partial charge in [-0.2, -0.15) is 0 Å². The summed E-state index contributed by atoms with van der Waals surface area (Å²) in [5, 5.41) is 0. The van der Waals surface area contributed by atoms with E-state index < -0.39 is 9.76 Å². The summed E-state index contributed by atoms with van der Waals surface area (Å²) in [7, 11) is -0.569. The molecule has 16 heavy (non-hydrogen) atoms. The molecule has 0 N–H and O–H groups in total. The Balaban J connectivity index is 3.98. The average Bonchev–Trinajstić information content (AvgIpc) is 2.10. The van der Waals surface area contributed by atoms with E-state index in [2.05, 4.69) is 13.5 Å². The highest BCUT2D eigenvalue weighted by Crippen LogP contribution is 2.21. The smallest absolute Gasteiger partial charge is 0.184 e. The SMILES string of the molecule is C=C[SiH2]OC(C)CC(C)(C)OOC(C)(C)C. The van der Waals surface area contributed by atoms with Crippen LogP contribution in [0.5, 0.6) is 0 Å². The van der Waals surface area contributed by atoms with E-state index >= 15 is 0 Å². The molecule has 1 atom stereocenters. The monoisotopic (exact) mass is 246 g/mol. The van der Waals surface area contributed by atoms with Crippen LogP contribution in [0.25, 0.3) is 0 Å². The normalized spacial score (nSPS) is 15.6. The molecule has 96 valence electrons. The van der Waals surface area contributed by atoms with E-state index in [1.807, 2.05) is 40.3 Å². The second kappa shape index (κ2) is 6.54. The van der Waals surface area contributed by atoms with Gasteiger partial charge < -0.3 is 4.43 Å². The van der Waals surface area contributed by atoms with Gasteiger partial charge in [0.1, 0.15) is 5.60 Å². The Morgan fingerprint density at radius 1 is 1.19 bits per heavy atom. The van der Waals surface area contributed by atoms with Crippen LogP contribution in [0.3, 0.4) is 0 Å². The van der Waals surface area contributed by atoms with Gasteiger partial charge in [-0.25, -0.2) is 9.78 Å². The average molecular weight is 246 g/mol. The molecule has 0 aliphatic rings. The van der Waals surface area contributed by atoms with Gasteiger partial charge in [0.15, 0.2) is 9.76 Å². The summed E-state index contributed by atoms with van der Waals surface area (Å²) in [6.07, 6.45) is 0.993. The molecule has 0 aromatic heterocycles. The van der Waals surface area contributed by atoms with Crippen molar-refractivity contribution in [2.45, 2.75) is 65.3 Å². The van der Waals surface area contributed by atoms with Crippen molar-refractivity contribution >= 4 is 9.76 Å². The van der Waals surface area contributed by atoms with Gasteiger partial charge in [-0.15, -0.1) is 6.58 Å². The molecule has 0 saturated carbocycles. The van der Waals surface area contributed by atoms with Gasteiger partial charge in [-0.3, -0.25) is 0 Å². The first-order valence-electron chi connectivity index (χ1n) is 5.75. The van der Waals surface area contributed by atoms with E-state index in [0.717, 1.165) is 6.42 Å². The molecule has 1 unspecified atom stereocenters. The van der Waals surface area contributed by atoms with Crippen LogP contribution in [0.4, 0.5) is 0 Å². The molecule has 0 aromatic carbocycles. The van der Waals surface area contributed by atoms with Crippen molar-refractivity contribution in [3.63, 3.8) is 0 Å². The van der Waals surface area contributed by atoms with Crippen LogP contribution in [0.1, 0.15) is 48.0 Å². The van der Waals surface area contributed by atoms with Crippen LogP contribution >= 0.6 is 0 Å². The molecule has 0 aliphatic carbocycles. The third kappa shape index (κ3) is 9.09. The lowest BCUT2D eigenvalue weighted by Crippen LogP contribution is -2.34. The van der Waals surface area contributed by atoms with Crippen molar-refractivity contribution in [2.75, 3.05) is 0 Å². The topological polar surface area (TPSA) is 27.7 Å².